The summed E-state index contributed by atoms with van der Waals surface area (Å²) in [5.74, 6) is -0.202. The molecule has 0 aromatic carbocycles. The summed E-state index contributed by atoms with van der Waals surface area (Å²) in [7, 11) is 1.46. The number of hydrogen-bond donors (Lipinski definition) is 1. The second kappa shape index (κ2) is 6.36. The lowest BCUT2D eigenvalue weighted by Gasteiger charge is -2.50. The van der Waals surface area contributed by atoms with Gasteiger partial charge in [-0.25, -0.2) is 4.79 Å². The highest BCUT2D eigenvalue weighted by Crippen LogP contribution is 2.40. The van der Waals surface area contributed by atoms with Crippen molar-refractivity contribution in [3.8, 4) is 0 Å². The monoisotopic (exact) mass is 308 g/mol. The van der Waals surface area contributed by atoms with Gasteiger partial charge in [-0.3, -0.25) is 0 Å². The van der Waals surface area contributed by atoms with E-state index in [1.807, 2.05) is 5.38 Å². The highest BCUT2D eigenvalue weighted by Gasteiger charge is 2.39. The van der Waals surface area contributed by atoms with Crippen molar-refractivity contribution in [2.24, 2.45) is 0 Å². The number of nitrogens with zero attached hydrogens (tertiary/aromatic N) is 1. The van der Waals surface area contributed by atoms with E-state index >= 15 is 0 Å². The van der Waals surface area contributed by atoms with Crippen molar-refractivity contribution in [3.63, 3.8) is 0 Å². The van der Waals surface area contributed by atoms with Gasteiger partial charge in [0.15, 0.2) is 0 Å². The third-order valence-electron chi connectivity index (χ3n) is 4.76. The lowest BCUT2D eigenvalue weighted by atomic mass is 9.81. The summed E-state index contributed by atoms with van der Waals surface area (Å²) < 4.78 is 4.94. The fourth-order valence-corrected chi connectivity index (χ4v) is 4.79. The molecule has 1 N–H and O–H groups in total. The zero-order valence-electron chi connectivity index (χ0n) is 12.8. The molecular formula is C16H24N2O2S. The van der Waals surface area contributed by atoms with Crippen molar-refractivity contribution < 1.29 is 9.53 Å². The van der Waals surface area contributed by atoms with Gasteiger partial charge >= 0.3 is 5.97 Å². The van der Waals surface area contributed by atoms with Crippen LogP contribution in [0.25, 0.3) is 0 Å². The molecule has 4 nitrogen and oxygen atoms in total. The van der Waals surface area contributed by atoms with E-state index in [-0.39, 0.29) is 5.97 Å². The maximum Gasteiger partial charge on any atom is 0.350 e. The number of carbonyl (C=O) groups excluding carboxylic acids is 1. The number of methoxy groups -OCH3 is 1. The number of piperidine rings is 2. The number of anilines is 1. The number of rotatable bonds is 4. The molecule has 5 heteroatoms. The molecule has 2 saturated heterocycles. The molecule has 116 valence electrons. The maximum atomic E-state index is 12.0. The van der Waals surface area contributed by atoms with Gasteiger partial charge in [-0.1, -0.05) is 6.92 Å². The topological polar surface area (TPSA) is 41.6 Å². The third-order valence-corrected chi connectivity index (χ3v) is 5.64. The Hall–Kier alpha value is -1.07. The molecule has 3 heterocycles. The molecule has 2 unspecified atom stereocenters. The average Bonchev–Trinajstić information content (AvgIpc) is 2.95. The van der Waals surface area contributed by atoms with Gasteiger partial charge in [-0.15, -0.1) is 11.3 Å². The highest BCUT2D eigenvalue weighted by molar-refractivity contribution is 7.12. The summed E-state index contributed by atoms with van der Waals surface area (Å²) in [5.41, 5.74) is 1.09. The van der Waals surface area contributed by atoms with E-state index in [1.54, 1.807) is 0 Å². The van der Waals surface area contributed by atoms with Crippen LogP contribution < -0.4 is 10.2 Å². The number of fused-ring (bicyclic) bond motifs is 2. The van der Waals surface area contributed by atoms with Crippen molar-refractivity contribution in [1.82, 2.24) is 5.32 Å². The summed E-state index contributed by atoms with van der Waals surface area (Å²) >= 11 is 1.49. The fraction of sp³-hybridized carbons (Fsp3) is 0.688. The standard InChI is InChI=1S/C16H24N2O2S/c1-3-17-11-9-12-5-4-6-13(10-11)18(12)14-7-8-21-15(14)16(19)20-2/h7-8,11-13,17H,3-6,9-10H2,1-2H3. The first-order valence-corrected chi connectivity index (χ1v) is 8.80. The number of nitrogens with one attached hydrogen (secondary N) is 1. The Morgan fingerprint density at radius 3 is 2.76 bits per heavy atom. The average molecular weight is 308 g/mol. The van der Waals surface area contributed by atoms with Crippen molar-refractivity contribution in [2.45, 2.75) is 57.2 Å². The minimum atomic E-state index is -0.202. The van der Waals surface area contributed by atoms with Crippen molar-refractivity contribution in [2.75, 3.05) is 18.6 Å². The van der Waals surface area contributed by atoms with E-state index in [0.29, 0.717) is 18.1 Å². The predicted octanol–water partition coefficient (Wildman–Crippen LogP) is 3.03. The van der Waals surface area contributed by atoms with Gasteiger partial charge in [0.25, 0.3) is 0 Å². The van der Waals surface area contributed by atoms with Crippen LogP contribution >= 0.6 is 11.3 Å². The van der Waals surface area contributed by atoms with Crippen LogP contribution in [0.5, 0.6) is 0 Å². The quantitative estimate of drug-likeness (QED) is 0.868. The van der Waals surface area contributed by atoms with Crippen LogP contribution in [0.2, 0.25) is 0 Å². The molecule has 0 amide bonds. The van der Waals surface area contributed by atoms with E-state index in [4.69, 9.17) is 4.74 Å². The van der Waals surface area contributed by atoms with E-state index in [1.165, 1.54) is 50.6 Å². The molecule has 1 aromatic rings. The third kappa shape index (κ3) is 2.81. The molecule has 2 bridgehead atoms. The van der Waals surface area contributed by atoms with Crippen molar-refractivity contribution in [3.05, 3.63) is 16.3 Å². The molecule has 1 aromatic heterocycles. The Bertz CT molecular complexity index is 488. The smallest absolute Gasteiger partial charge is 0.350 e. The molecule has 3 rings (SSSR count). The van der Waals surface area contributed by atoms with Gasteiger partial charge in [0.05, 0.1) is 12.8 Å². The van der Waals surface area contributed by atoms with Crippen LogP contribution in [0, 0.1) is 0 Å². The molecule has 0 radical (unpaired) electrons. The summed E-state index contributed by atoms with van der Waals surface area (Å²) in [5, 5.41) is 5.62. The maximum absolute atomic E-state index is 12.0. The number of esters is 1. The molecule has 2 aliphatic rings. The number of carbonyl (C=O) groups is 1. The lowest BCUT2D eigenvalue weighted by molar-refractivity contribution is 0.0606. The van der Waals surface area contributed by atoms with E-state index in [0.717, 1.165) is 17.1 Å². The van der Waals surface area contributed by atoms with Gasteiger partial charge in [0.1, 0.15) is 4.88 Å². The second-order valence-corrected chi connectivity index (χ2v) is 6.91. The Morgan fingerprint density at radius 1 is 1.43 bits per heavy atom. The number of hydrogen-bond acceptors (Lipinski definition) is 5. The second-order valence-electron chi connectivity index (χ2n) is 6.00. The molecule has 2 atom stereocenters. The molecule has 0 saturated carbocycles. The van der Waals surface area contributed by atoms with Gasteiger partial charge in [0.2, 0.25) is 0 Å². The Kier molecular flexibility index (Phi) is 4.50. The normalized spacial score (nSPS) is 28.5. The fourth-order valence-electron chi connectivity index (χ4n) is 3.98. The van der Waals surface area contributed by atoms with Gasteiger partial charge in [-0.2, -0.15) is 0 Å². The SMILES string of the molecule is CCNC1CC2CCCC(C1)N2c1ccsc1C(=O)OC. The summed E-state index contributed by atoms with van der Waals surface area (Å²) in [4.78, 5) is 15.2. The van der Waals surface area contributed by atoms with Crippen LogP contribution in [-0.4, -0.2) is 37.7 Å². The van der Waals surface area contributed by atoms with Crippen LogP contribution in [-0.2, 0) is 4.74 Å². The van der Waals surface area contributed by atoms with E-state index < -0.39 is 0 Å². The zero-order valence-corrected chi connectivity index (χ0v) is 13.6. The van der Waals surface area contributed by atoms with Crippen LogP contribution in [0.15, 0.2) is 11.4 Å². The first kappa shape index (κ1) is 14.9. The summed E-state index contributed by atoms with van der Waals surface area (Å²) in [6, 6.07) is 3.83. The molecule has 21 heavy (non-hydrogen) atoms. The number of thiophene rings is 1. The molecular weight excluding hydrogens is 284 g/mol. The van der Waals surface area contributed by atoms with Crippen LogP contribution in [0.1, 0.15) is 48.7 Å². The minimum Gasteiger partial charge on any atom is -0.465 e. The van der Waals surface area contributed by atoms with Gasteiger partial charge < -0.3 is 15.0 Å². The first-order chi connectivity index (χ1) is 10.2. The largest absolute Gasteiger partial charge is 0.465 e. The Balaban J connectivity index is 1.85. The van der Waals surface area contributed by atoms with Crippen LogP contribution in [0.4, 0.5) is 5.69 Å². The zero-order chi connectivity index (χ0) is 14.8. The molecule has 2 fully saturated rings. The molecule has 0 spiro atoms. The summed E-state index contributed by atoms with van der Waals surface area (Å²) in [6.07, 6.45) is 6.13. The molecule has 2 aliphatic heterocycles. The lowest BCUT2D eigenvalue weighted by Crippen LogP contribution is -2.56. The summed E-state index contributed by atoms with van der Waals surface area (Å²) in [6.45, 7) is 3.21. The van der Waals surface area contributed by atoms with Crippen molar-refractivity contribution in [1.29, 1.82) is 0 Å². The van der Waals surface area contributed by atoms with Crippen molar-refractivity contribution >= 4 is 23.0 Å². The Labute approximate surface area is 130 Å². The van der Waals surface area contributed by atoms with Gasteiger partial charge in [0, 0.05) is 18.1 Å². The van der Waals surface area contributed by atoms with Crippen LogP contribution in [0.3, 0.4) is 0 Å². The highest BCUT2D eigenvalue weighted by atomic mass is 32.1. The predicted molar refractivity (Wildman–Crippen MR) is 86.3 cm³/mol. The number of ether oxygens (including phenoxy) is 1. The van der Waals surface area contributed by atoms with E-state index in [2.05, 4.69) is 23.2 Å². The Morgan fingerprint density at radius 2 is 2.14 bits per heavy atom. The van der Waals surface area contributed by atoms with E-state index in [9.17, 15) is 4.79 Å². The molecule has 0 aliphatic carbocycles. The minimum absolute atomic E-state index is 0.202. The first-order valence-electron chi connectivity index (χ1n) is 7.92. The van der Waals surface area contributed by atoms with Gasteiger partial charge in [-0.05, 0) is 50.1 Å².